The number of hydroxylamine groups is 2. The number of nitrogens with one attached hydrogen (secondary N) is 2. The Labute approximate surface area is 126 Å². The molecule has 1 aromatic rings. The number of nitrogens with zero attached hydrogens (tertiary/aromatic N) is 1. The van der Waals surface area contributed by atoms with E-state index < -0.39 is 18.0 Å². The first-order valence-electron chi connectivity index (χ1n) is 6.86. The molecule has 0 radical (unpaired) electrons. The van der Waals surface area contributed by atoms with Crippen molar-refractivity contribution in [1.29, 1.82) is 0 Å². The van der Waals surface area contributed by atoms with E-state index in [1.807, 2.05) is 30.3 Å². The van der Waals surface area contributed by atoms with E-state index in [4.69, 9.17) is 4.74 Å². The number of rotatable bonds is 2. The molecule has 1 aromatic carbocycles. The van der Waals surface area contributed by atoms with Crippen LogP contribution < -0.4 is 21.1 Å². The third kappa shape index (κ3) is 2.94. The van der Waals surface area contributed by atoms with Gasteiger partial charge in [0.15, 0.2) is 0 Å². The molecule has 114 valence electrons. The summed E-state index contributed by atoms with van der Waals surface area (Å²) >= 11 is 0. The minimum Gasteiger partial charge on any atom is -0.393 e. The number of hydrogen-bond donors (Lipinski definition) is 3. The Hall–Kier alpha value is -2.80. The number of alkyl carbamates (subject to hydrolysis) is 1. The molecule has 7 heteroatoms. The van der Waals surface area contributed by atoms with Crippen molar-refractivity contribution in [3.63, 3.8) is 0 Å². The molecule has 2 aliphatic rings. The van der Waals surface area contributed by atoms with Gasteiger partial charge >= 0.3 is 6.09 Å². The molecule has 1 saturated heterocycles. The standard InChI is InChI=1S/C15H15N3O4/c19-14-12(7-8-18(14)21)17-15(20)22-13-6-5-10-3-1-2-4-11(10)9-16-13/h1-6,9,12,16,21H,7-8H2,(H,17,20)/t12-/m1/s1. The molecule has 3 N–H and O–H groups in total. The summed E-state index contributed by atoms with van der Waals surface area (Å²) in [7, 11) is 0. The number of fused-ring (bicyclic) bond motifs is 1. The molecule has 1 fully saturated rings. The molecule has 3 rings (SSSR count). The molecule has 0 spiro atoms. The summed E-state index contributed by atoms with van der Waals surface area (Å²) < 4.78 is 5.13. The molecule has 22 heavy (non-hydrogen) atoms. The summed E-state index contributed by atoms with van der Waals surface area (Å²) in [5, 5.41) is 17.1. The predicted molar refractivity (Wildman–Crippen MR) is 77.4 cm³/mol. The molecule has 0 saturated carbocycles. The number of carbonyl (C=O) groups excluding carboxylic acids is 2. The van der Waals surface area contributed by atoms with E-state index in [2.05, 4.69) is 10.6 Å². The zero-order chi connectivity index (χ0) is 15.5. The summed E-state index contributed by atoms with van der Waals surface area (Å²) in [6, 6.07) is 6.95. The highest BCUT2D eigenvalue weighted by atomic mass is 16.6. The first-order chi connectivity index (χ1) is 10.6. The van der Waals surface area contributed by atoms with E-state index in [0.29, 0.717) is 11.5 Å². The lowest BCUT2D eigenvalue weighted by Crippen LogP contribution is -2.41. The Morgan fingerprint density at radius 1 is 1.32 bits per heavy atom. The zero-order valence-electron chi connectivity index (χ0n) is 11.7. The van der Waals surface area contributed by atoms with Crippen molar-refractivity contribution in [3.8, 4) is 0 Å². The third-order valence-electron chi connectivity index (χ3n) is 3.46. The summed E-state index contributed by atoms with van der Waals surface area (Å²) in [6.07, 6.45) is 4.79. The Kier molecular flexibility index (Phi) is 3.80. The van der Waals surface area contributed by atoms with Gasteiger partial charge in [-0.25, -0.2) is 9.86 Å². The van der Waals surface area contributed by atoms with Crippen molar-refractivity contribution in [1.82, 2.24) is 15.7 Å². The fourth-order valence-corrected chi connectivity index (χ4v) is 2.29. The lowest BCUT2D eigenvalue weighted by Gasteiger charge is -2.12. The summed E-state index contributed by atoms with van der Waals surface area (Å²) in [5.41, 5.74) is 0. The number of carbonyl (C=O) groups is 2. The number of benzene rings is 1. The van der Waals surface area contributed by atoms with E-state index in [9.17, 15) is 14.8 Å². The van der Waals surface area contributed by atoms with Gasteiger partial charge in [0.25, 0.3) is 5.91 Å². The van der Waals surface area contributed by atoms with Crippen LogP contribution in [0.4, 0.5) is 4.79 Å². The highest BCUT2D eigenvalue weighted by molar-refractivity contribution is 5.86. The van der Waals surface area contributed by atoms with Crippen LogP contribution in [0.3, 0.4) is 0 Å². The van der Waals surface area contributed by atoms with E-state index >= 15 is 0 Å². The van der Waals surface area contributed by atoms with Crippen molar-refractivity contribution in [2.24, 2.45) is 0 Å². The minimum atomic E-state index is -0.756. The van der Waals surface area contributed by atoms with Crippen LogP contribution >= 0.6 is 0 Å². The molecule has 2 aliphatic heterocycles. The third-order valence-corrected chi connectivity index (χ3v) is 3.46. The van der Waals surface area contributed by atoms with Crippen LogP contribution in [-0.4, -0.2) is 34.9 Å². The van der Waals surface area contributed by atoms with Crippen molar-refractivity contribution in [3.05, 3.63) is 46.7 Å². The van der Waals surface area contributed by atoms with Gasteiger partial charge in [0.2, 0.25) is 5.88 Å². The molecule has 0 bridgehead atoms. The molecule has 2 amide bonds. The van der Waals surface area contributed by atoms with Gasteiger partial charge in [-0.15, -0.1) is 0 Å². The maximum absolute atomic E-state index is 11.8. The van der Waals surface area contributed by atoms with Gasteiger partial charge in [0.05, 0.1) is 6.54 Å². The van der Waals surface area contributed by atoms with E-state index in [-0.39, 0.29) is 12.4 Å². The monoisotopic (exact) mass is 301 g/mol. The first-order valence-corrected chi connectivity index (χ1v) is 6.86. The average molecular weight is 301 g/mol. The molecular weight excluding hydrogens is 286 g/mol. The van der Waals surface area contributed by atoms with Crippen LogP contribution in [0, 0.1) is 0 Å². The van der Waals surface area contributed by atoms with Gasteiger partial charge in [0.1, 0.15) is 6.04 Å². The normalized spacial score (nSPS) is 19.9. The Balaban J connectivity index is 1.64. The Bertz CT molecular complexity index is 756. The van der Waals surface area contributed by atoms with Crippen molar-refractivity contribution >= 4 is 24.3 Å². The predicted octanol–water partition coefficient (Wildman–Crippen LogP) is -0.634. The van der Waals surface area contributed by atoms with Crippen LogP contribution in [0.2, 0.25) is 0 Å². The van der Waals surface area contributed by atoms with Gasteiger partial charge in [-0.05, 0) is 29.0 Å². The van der Waals surface area contributed by atoms with Crippen LogP contribution in [0.1, 0.15) is 6.42 Å². The minimum absolute atomic E-state index is 0.196. The fraction of sp³-hybridized carbons (Fsp3) is 0.200. The van der Waals surface area contributed by atoms with Crippen LogP contribution in [0.25, 0.3) is 12.3 Å². The second-order valence-electron chi connectivity index (χ2n) is 4.95. The molecule has 7 nitrogen and oxygen atoms in total. The van der Waals surface area contributed by atoms with Crippen LogP contribution in [-0.2, 0) is 9.53 Å². The lowest BCUT2D eigenvalue weighted by atomic mass is 10.2. The molecule has 1 atom stereocenters. The van der Waals surface area contributed by atoms with Crippen LogP contribution in [0.5, 0.6) is 0 Å². The van der Waals surface area contributed by atoms with E-state index in [1.54, 1.807) is 12.3 Å². The van der Waals surface area contributed by atoms with Crippen molar-refractivity contribution in [2.45, 2.75) is 12.5 Å². The highest BCUT2D eigenvalue weighted by Crippen LogP contribution is 2.08. The van der Waals surface area contributed by atoms with E-state index in [0.717, 1.165) is 10.4 Å². The maximum Gasteiger partial charge on any atom is 0.414 e. The van der Waals surface area contributed by atoms with Gasteiger partial charge in [-0.1, -0.05) is 24.3 Å². The van der Waals surface area contributed by atoms with E-state index in [1.165, 1.54) is 0 Å². The molecule has 2 heterocycles. The fourth-order valence-electron chi connectivity index (χ4n) is 2.29. The summed E-state index contributed by atoms with van der Waals surface area (Å²) in [5.74, 6) is -0.287. The van der Waals surface area contributed by atoms with Gasteiger partial charge < -0.3 is 15.4 Å². The average Bonchev–Trinajstić information content (AvgIpc) is 2.73. The molecule has 0 aliphatic carbocycles. The topological polar surface area (TPSA) is 90.9 Å². The molecule has 0 aromatic heterocycles. The van der Waals surface area contributed by atoms with Gasteiger partial charge in [-0.2, -0.15) is 0 Å². The zero-order valence-corrected chi connectivity index (χ0v) is 11.7. The number of ether oxygens (including phenoxy) is 1. The smallest absolute Gasteiger partial charge is 0.393 e. The number of allylic oxidation sites excluding steroid dienone is 1. The second kappa shape index (κ2) is 5.90. The molecular formula is C15H15N3O4. The second-order valence-corrected chi connectivity index (χ2v) is 4.95. The summed E-state index contributed by atoms with van der Waals surface area (Å²) in [6.45, 7) is 0.196. The first kappa shape index (κ1) is 14.2. The van der Waals surface area contributed by atoms with Crippen LogP contribution in [0.15, 0.2) is 36.2 Å². The Morgan fingerprint density at radius 2 is 2.09 bits per heavy atom. The lowest BCUT2D eigenvalue weighted by molar-refractivity contribution is -0.158. The highest BCUT2D eigenvalue weighted by Gasteiger charge is 2.32. The van der Waals surface area contributed by atoms with Crippen molar-refractivity contribution in [2.75, 3.05) is 6.54 Å². The SMILES string of the molecule is O=C(N[C@@H]1CCN(O)C1=O)OC1=CC=c2ccccc2=CN1. The van der Waals surface area contributed by atoms with Gasteiger partial charge in [0, 0.05) is 6.20 Å². The summed E-state index contributed by atoms with van der Waals surface area (Å²) in [4.78, 5) is 23.3. The largest absolute Gasteiger partial charge is 0.414 e. The van der Waals surface area contributed by atoms with Crippen molar-refractivity contribution < 1.29 is 19.5 Å². The van der Waals surface area contributed by atoms with Gasteiger partial charge in [-0.3, -0.25) is 10.0 Å². The Morgan fingerprint density at radius 3 is 2.82 bits per heavy atom. The quantitative estimate of drug-likeness (QED) is 0.633. The maximum atomic E-state index is 11.8. The number of hydrogen-bond acceptors (Lipinski definition) is 5. The molecule has 0 unspecified atom stereocenters. The number of amides is 2.